The quantitative estimate of drug-likeness (QED) is 0.733. The molecule has 28 heavy (non-hydrogen) atoms. The van der Waals surface area contributed by atoms with Crippen molar-refractivity contribution in [2.24, 2.45) is 0 Å². The van der Waals surface area contributed by atoms with Gasteiger partial charge < -0.3 is 19.5 Å². The summed E-state index contributed by atoms with van der Waals surface area (Å²) in [5.74, 6) is -2.96. The van der Waals surface area contributed by atoms with Crippen LogP contribution in [0.15, 0.2) is 36.4 Å². The predicted octanol–water partition coefficient (Wildman–Crippen LogP) is 3.80. The van der Waals surface area contributed by atoms with Crippen molar-refractivity contribution in [2.45, 2.75) is 20.1 Å². The molecule has 0 heterocycles. The molecule has 0 atom stereocenters. The van der Waals surface area contributed by atoms with Crippen LogP contribution in [-0.2, 0) is 6.54 Å². The maximum Gasteiger partial charge on any atom is 0.387 e. The molecule has 0 bridgehead atoms. The average molecular weight is 397 g/mol. The number of ether oxygens (including phenoxy) is 2. The maximum absolute atomic E-state index is 14.1. The summed E-state index contributed by atoms with van der Waals surface area (Å²) in [5.41, 5.74) is -0.00801. The van der Waals surface area contributed by atoms with Crippen LogP contribution in [0.2, 0.25) is 0 Å². The summed E-state index contributed by atoms with van der Waals surface area (Å²) in [6, 6.07) is 7.24. The molecule has 0 radical (unpaired) electrons. The van der Waals surface area contributed by atoms with E-state index in [1.807, 2.05) is 0 Å². The minimum atomic E-state index is -3.01. The number of amides is 1. The van der Waals surface area contributed by atoms with E-state index in [4.69, 9.17) is 9.84 Å². The predicted molar refractivity (Wildman–Crippen MR) is 93.4 cm³/mol. The van der Waals surface area contributed by atoms with Crippen LogP contribution >= 0.6 is 0 Å². The number of alkyl halides is 2. The first kappa shape index (κ1) is 21.1. The van der Waals surface area contributed by atoms with Gasteiger partial charge >= 0.3 is 12.6 Å². The van der Waals surface area contributed by atoms with Crippen LogP contribution in [0.1, 0.15) is 33.2 Å². The van der Waals surface area contributed by atoms with Crippen molar-refractivity contribution < 1.29 is 37.3 Å². The molecule has 0 aliphatic heterocycles. The molecule has 0 aliphatic carbocycles. The Kier molecular flexibility index (Phi) is 6.86. The van der Waals surface area contributed by atoms with Gasteiger partial charge in [-0.3, -0.25) is 4.79 Å². The van der Waals surface area contributed by atoms with Crippen molar-refractivity contribution >= 4 is 11.9 Å². The number of nitrogens with zero attached hydrogens (tertiary/aromatic N) is 1. The second-order valence-corrected chi connectivity index (χ2v) is 5.75. The van der Waals surface area contributed by atoms with E-state index in [0.717, 1.165) is 18.2 Å². The standard InChI is InChI=1S/C19H18F3NO5/c1-3-27-16-8-11(4-7-15(16)28-19(21)22)10-23(2)17(24)13-6-5-12(18(25)26)9-14(13)20/h4-9,19H,3,10H2,1-2H3,(H,25,26). The first-order valence-electron chi connectivity index (χ1n) is 8.21. The highest BCUT2D eigenvalue weighted by atomic mass is 19.3. The van der Waals surface area contributed by atoms with E-state index in [0.29, 0.717) is 5.56 Å². The summed E-state index contributed by atoms with van der Waals surface area (Å²) >= 11 is 0. The molecule has 0 saturated carbocycles. The molecule has 2 aromatic carbocycles. The second-order valence-electron chi connectivity index (χ2n) is 5.75. The molecule has 150 valence electrons. The van der Waals surface area contributed by atoms with E-state index in [-0.39, 0.29) is 35.8 Å². The number of aromatic carboxylic acids is 1. The van der Waals surface area contributed by atoms with Crippen LogP contribution in [0, 0.1) is 5.82 Å². The monoisotopic (exact) mass is 397 g/mol. The lowest BCUT2D eigenvalue weighted by Gasteiger charge is -2.19. The van der Waals surface area contributed by atoms with Crippen LogP contribution in [0.25, 0.3) is 0 Å². The van der Waals surface area contributed by atoms with Gasteiger partial charge in [0.25, 0.3) is 5.91 Å². The smallest absolute Gasteiger partial charge is 0.387 e. The summed E-state index contributed by atoms with van der Waals surface area (Å²) < 4.78 is 48.7. The number of carboxylic acids is 1. The van der Waals surface area contributed by atoms with Crippen molar-refractivity contribution in [3.05, 3.63) is 58.9 Å². The molecule has 0 unspecified atom stereocenters. The van der Waals surface area contributed by atoms with Crippen molar-refractivity contribution in [1.82, 2.24) is 4.90 Å². The second kappa shape index (κ2) is 9.12. The minimum absolute atomic E-state index is 0.0357. The highest BCUT2D eigenvalue weighted by Crippen LogP contribution is 2.30. The maximum atomic E-state index is 14.1. The van der Waals surface area contributed by atoms with Gasteiger partial charge in [0.15, 0.2) is 11.5 Å². The fraction of sp³-hybridized carbons (Fsp3) is 0.263. The molecule has 1 amide bonds. The molecule has 9 heteroatoms. The number of carbonyl (C=O) groups is 2. The molecule has 0 fully saturated rings. The third-order valence-electron chi connectivity index (χ3n) is 3.74. The Hall–Kier alpha value is -3.23. The molecule has 2 aromatic rings. The van der Waals surface area contributed by atoms with Crippen LogP contribution in [0.4, 0.5) is 13.2 Å². The van der Waals surface area contributed by atoms with Crippen LogP contribution in [-0.4, -0.2) is 42.1 Å². The fourth-order valence-electron chi connectivity index (χ4n) is 2.49. The SMILES string of the molecule is CCOc1cc(CN(C)C(=O)c2ccc(C(=O)O)cc2F)ccc1OC(F)F. The lowest BCUT2D eigenvalue weighted by Crippen LogP contribution is -2.27. The largest absolute Gasteiger partial charge is 0.490 e. The Morgan fingerprint density at radius 3 is 2.43 bits per heavy atom. The Morgan fingerprint density at radius 1 is 1.14 bits per heavy atom. The zero-order valence-corrected chi connectivity index (χ0v) is 15.1. The summed E-state index contributed by atoms with van der Waals surface area (Å²) in [6.07, 6.45) is 0. The van der Waals surface area contributed by atoms with E-state index in [2.05, 4.69) is 4.74 Å². The third kappa shape index (κ3) is 5.15. The van der Waals surface area contributed by atoms with E-state index >= 15 is 0 Å². The molecule has 6 nitrogen and oxygen atoms in total. The summed E-state index contributed by atoms with van der Waals surface area (Å²) in [6.45, 7) is -1.07. The number of hydrogen-bond donors (Lipinski definition) is 1. The molecular weight excluding hydrogens is 379 g/mol. The van der Waals surface area contributed by atoms with Crippen LogP contribution in [0.3, 0.4) is 0 Å². The summed E-state index contributed by atoms with van der Waals surface area (Å²) in [5, 5.41) is 8.86. The van der Waals surface area contributed by atoms with E-state index < -0.39 is 24.3 Å². The van der Waals surface area contributed by atoms with E-state index in [9.17, 15) is 22.8 Å². The van der Waals surface area contributed by atoms with Crippen molar-refractivity contribution in [1.29, 1.82) is 0 Å². The molecule has 0 aromatic heterocycles. The topological polar surface area (TPSA) is 76.1 Å². The number of benzene rings is 2. The highest BCUT2D eigenvalue weighted by Gasteiger charge is 2.19. The lowest BCUT2D eigenvalue weighted by atomic mass is 10.1. The van der Waals surface area contributed by atoms with Crippen LogP contribution < -0.4 is 9.47 Å². The normalized spacial score (nSPS) is 10.6. The summed E-state index contributed by atoms with van der Waals surface area (Å²) in [4.78, 5) is 24.5. The van der Waals surface area contributed by atoms with Crippen LogP contribution in [0.5, 0.6) is 11.5 Å². The molecule has 1 N–H and O–H groups in total. The molecule has 0 saturated heterocycles. The lowest BCUT2D eigenvalue weighted by molar-refractivity contribution is -0.0514. The molecule has 0 aliphatic rings. The Bertz CT molecular complexity index is 873. The number of halogens is 3. The number of hydrogen-bond acceptors (Lipinski definition) is 4. The van der Waals surface area contributed by atoms with Gasteiger partial charge in [-0.25, -0.2) is 9.18 Å². The summed E-state index contributed by atoms with van der Waals surface area (Å²) in [7, 11) is 1.43. The van der Waals surface area contributed by atoms with Crippen molar-refractivity contribution in [3.8, 4) is 11.5 Å². The Morgan fingerprint density at radius 2 is 1.86 bits per heavy atom. The van der Waals surface area contributed by atoms with Gasteiger partial charge in [-0.05, 0) is 42.8 Å². The fourth-order valence-corrected chi connectivity index (χ4v) is 2.49. The Labute approximate surface area is 159 Å². The van der Waals surface area contributed by atoms with Crippen molar-refractivity contribution in [3.63, 3.8) is 0 Å². The Balaban J connectivity index is 2.19. The zero-order chi connectivity index (χ0) is 20.8. The van der Waals surface area contributed by atoms with E-state index in [1.165, 1.54) is 30.1 Å². The van der Waals surface area contributed by atoms with Crippen molar-refractivity contribution in [2.75, 3.05) is 13.7 Å². The van der Waals surface area contributed by atoms with Gasteiger partial charge in [0.05, 0.1) is 17.7 Å². The number of carboxylic acid groups (broad SMARTS) is 1. The minimum Gasteiger partial charge on any atom is -0.490 e. The average Bonchev–Trinajstić information content (AvgIpc) is 2.63. The zero-order valence-electron chi connectivity index (χ0n) is 15.1. The van der Waals surface area contributed by atoms with Gasteiger partial charge in [0.2, 0.25) is 0 Å². The number of carbonyl (C=O) groups excluding carboxylic acids is 1. The van der Waals surface area contributed by atoms with Gasteiger partial charge in [0.1, 0.15) is 5.82 Å². The van der Waals surface area contributed by atoms with Gasteiger partial charge in [-0.2, -0.15) is 8.78 Å². The molecule has 2 rings (SSSR count). The van der Waals surface area contributed by atoms with E-state index in [1.54, 1.807) is 6.92 Å². The van der Waals surface area contributed by atoms with Gasteiger partial charge in [-0.15, -0.1) is 0 Å². The third-order valence-corrected chi connectivity index (χ3v) is 3.74. The highest BCUT2D eigenvalue weighted by molar-refractivity contribution is 5.96. The number of rotatable bonds is 8. The van der Waals surface area contributed by atoms with Gasteiger partial charge in [-0.1, -0.05) is 6.07 Å². The molecule has 0 spiro atoms. The first-order valence-corrected chi connectivity index (χ1v) is 8.21. The molecular formula is C19H18F3NO5. The first-order chi connectivity index (χ1) is 13.2. The van der Waals surface area contributed by atoms with Gasteiger partial charge in [0, 0.05) is 13.6 Å².